The van der Waals surface area contributed by atoms with Gasteiger partial charge in [0.2, 0.25) is 0 Å². The summed E-state index contributed by atoms with van der Waals surface area (Å²) < 4.78 is 3.50. The van der Waals surface area contributed by atoms with Gasteiger partial charge in [0.1, 0.15) is 0 Å². The van der Waals surface area contributed by atoms with E-state index in [4.69, 9.17) is 0 Å². The number of hydrogen-bond acceptors (Lipinski definition) is 4. The molecule has 0 saturated heterocycles. The van der Waals surface area contributed by atoms with Crippen molar-refractivity contribution in [1.29, 1.82) is 0 Å². The first kappa shape index (κ1) is 18.5. The van der Waals surface area contributed by atoms with Crippen LogP contribution in [-0.4, -0.2) is 37.2 Å². The fourth-order valence-corrected chi connectivity index (χ4v) is 3.78. The first-order chi connectivity index (χ1) is 12.6. The van der Waals surface area contributed by atoms with Crippen molar-refractivity contribution in [3.8, 4) is 0 Å². The third-order valence-corrected chi connectivity index (χ3v) is 5.25. The minimum absolute atomic E-state index is 0.178. The second kappa shape index (κ2) is 8.36. The highest BCUT2D eigenvalue weighted by atomic mass is 32.2. The molecule has 0 aliphatic carbocycles. The minimum Gasteiger partial charge on any atom is -0.361 e. The van der Waals surface area contributed by atoms with Crippen molar-refractivity contribution in [3.63, 3.8) is 0 Å². The second-order valence-corrected chi connectivity index (χ2v) is 7.27. The van der Waals surface area contributed by atoms with Gasteiger partial charge >= 0.3 is 0 Å². The van der Waals surface area contributed by atoms with E-state index in [0.29, 0.717) is 0 Å². The molecule has 0 spiro atoms. The summed E-state index contributed by atoms with van der Waals surface area (Å²) in [5, 5.41) is 1.23. The Labute approximate surface area is 159 Å². The van der Waals surface area contributed by atoms with E-state index in [1.165, 1.54) is 10.3 Å². The number of rotatable bonds is 8. The summed E-state index contributed by atoms with van der Waals surface area (Å²) >= 11 is 1.64. The molecule has 2 aromatic carbocycles. The summed E-state index contributed by atoms with van der Waals surface area (Å²) in [5.74, 6) is 0. The Morgan fingerprint density at radius 1 is 1.27 bits per heavy atom. The van der Waals surface area contributed by atoms with Crippen LogP contribution in [0.1, 0.15) is 17.2 Å². The Morgan fingerprint density at radius 2 is 2.12 bits per heavy atom. The maximum atomic E-state index is 4.25. The summed E-state index contributed by atoms with van der Waals surface area (Å²) in [6.07, 6.45) is 3.79. The van der Waals surface area contributed by atoms with Crippen LogP contribution in [-0.2, 0) is 0 Å². The number of likely N-dealkylation sites (N-methyl/N-ethyl adjacent to an activating group) is 1. The number of hydrogen-bond donors (Lipinski definition) is 2. The molecule has 2 N–H and O–H groups in total. The highest BCUT2D eigenvalue weighted by Gasteiger charge is 2.18. The number of nitrogens with one attached hydrogen (secondary N) is 2. The highest BCUT2D eigenvalue weighted by molar-refractivity contribution is 7.97. The first-order valence-corrected chi connectivity index (χ1v) is 9.31. The molecule has 1 heterocycles. The molecule has 1 unspecified atom stereocenters. The van der Waals surface area contributed by atoms with Crippen LogP contribution in [0, 0.1) is 0 Å². The quantitative estimate of drug-likeness (QED) is 0.434. The Bertz CT molecular complexity index is 913. The van der Waals surface area contributed by atoms with Gasteiger partial charge in [0.15, 0.2) is 0 Å². The summed E-state index contributed by atoms with van der Waals surface area (Å²) in [4.78, 5) is 10.9. The zero-order valence-corrected chi connectivity index (χ0v) is 16.0. The number of benzene rings is 2. The van der Waals surface area contributed by atoms with Crippen LogP contribution in [0.15, 0.2) is 65.1 Å². The average Bonchev–Trinajstić information content (AvgIpc) is 3.12. The molecule has 5 heteroatoms. The normalized spacial score (nSPS) is 12.4. The molecule has 0 aliphatic heterocycles. The van der Waals surface area contributed by atoms with Crippen molar-refractivity contribution in [1.82, 2.24) is 14.6 Å². The molecule has 0 bridgehead atoms. The molecule has 134 valence electrons. The molecule has 0 amide bonds. The Morgan fingerprint density at radius 3 is 2.85 bits per heavy atom. The summed E-state index contributed by atoms with van der Waals surface area (Å²) in [5.41, 5.74) is 4.21. The molecular weight excluding hydrogens is 340 g/mol. The van der Waals surface area contributed by atoms with Gasteiger partial charge in [0.05, 0.1) is 5.69 Å². The van der Waals surface area contributed by atoms with Crippen LogP contribution in [0.25, 0.3) is 17.0 Å². The van der Waals surface area contributed by atoms with Crippen LogP contribution in [0.2, 0.25) is 0 Å². The van der Waals surface area contributed by atoms with E-state index < -0.39 is 0 Å². The van der Waals surface area contributed by atoms with Crippen LogP contribution < -0.4 is 4.72 Å². The van der Waals surface area contributed by atoms with Crippen molar-refractivity contribution < 1.29 is 0 Å². The third-order valence-electron chi connectivity index (χ3n) is 4.45. The fraction of sp³-hybridized carbons (Fsp3) is 0.190. The fourth-order valence-electron chi connectivity index (χ4n) is 3.06. The third kappa shape index (κ3) is 3.90. The van der Waals surface area contributed by atoms with Crippen molar-refractivity contribution in [2.75, 3.05) is 20.6 Å². The summed E-state index contributed by atoms with van der Waals surface area (Å²) in [6, 6.07) is 14.9. The van der Waals surface area contributed by atoms with Gasteiger partial charge in [-0.2, -0.15) is 0 Å². The van der Waals surface area contributed by atoms with Crippen LogP contribution in [0.3, 0.4) is 0 Å². The number of aliphatic imine (C=N–C) groups is 1. The van der Waals surface area contributed by atoms with Gasteiger partial charge in [0, 0.05) is 29.2 Å². The van der Waals surface area contributed by atoms with Crippen molar-refractivity contribution in [2.24, 2.45) is 4.99 Å². The van der Waals surface area contributed by atoms with Gasteiger partial charge in [-0.1, -0.05) is 36.9 Å². The molecule has 4 nitrogen and oxygen atoms in total. The zero-order chi connectivity index (χ0) is 18.5. The molecule has 0 radical (unpaired) electrons. The maximum Gasteiger partial charge on any atom is 0.0742 e. The molecule has 26 heavy (non-hydrogen) atoms. The minimum atomic E-state index is 0.178. The van der Waals surface area contributed by atoms with E-state index in [1.807, 2.05) is 24.4 Å². The molecule has 1 atom stereocenters. The van der Waals surface area contributed by atoms with Crippen molar-refractivity contribution in [3.05, 3.63) is 66.4 Å². The SMILES string of the molecule is C=Cc1cccc(C(CNSc2ccc3cc[nH]c3c2)N(C)C)c1N=C. The molecule has 1 aromatic heterocycles. The van der Waals surface area contributed by atoms with E-state index >= 15 is 0 Å². The standard InChI is InChI=1S/C21H24N4S/c1-5-15-7-6-8-18(21(15)22-2)20(25(3)4)14-24-26-17-10-9-16-11-12-23-19(16)13-17/h5-13,20,23-24H,1-2,14H2,3-4H3. The van der Waals surface area contributed by atoms with Gasteiger partial charge in [-0.05, 0) is 67.5 Å². The molecular formula is C21H24N4S. The number of fused-ring (bicyclic) bond motifs is 1. The lowest BCUT2D eigenvalue weighted by Gasteiger charge is -2.26. The van der Waals surface area contributed by atoms with E-state index in [2.05, 4.69) is 77.3 Å². The molecule has 3 aromatic rings. The zero-order valence-electron chi connectivity index (χ0n) is 15.2. The lowest BCUT2D eigenvalue weighted by molar-refractivity contribution is 0.302. The predicted molar refractivity (Wildman–Crippen MR) is 114 cm³/mol. The number of nitrogens with zero attached hydrogens (tertiary/aromatic N) is 2. The average molecular weight is 365 g/mol. The molecule has 0 saturated carbocycles. The monoisotopic (exact) mass is 364 g/mol. The maximum absolute atomic E-state index is 4.25. The number of para-hydroxylation sites is 1. The van der Waals surface area contributed by atoms with Crippen LogP contribution in [0.5, 0.6) is 0 Å². The van der Waals surface area contributed by atoms with Gasteiger partial charge in [-0.3, -0.25) is 9.71 Å². The van der Waals surface area contributed by atoms with Gasteiger partial charge < -0.3 is 9.88 Å². The lowest BCUT2D eigenvalue weighted by atomic mass is 10.00. The molecule has 0 aliphatic rings. The van der Waals surface area contributed by atoms with E-state index in [9.17, 15) is 0 Å². The van der Waals surface area contributed by atoms with Gasteiger partial charge in [-0.15, -0.1) is 0 Å². The first-order valence-electron chi connectivity index (χ1n) is 8.49. The Kier molecular flexibility index (Phi) is 5.93. The Hall–Kier alpha value is -2.34. The predicted octanol–water partition coefficient (Wildman–Crippen LogP) is 5.04. The van der Waals surface area contributed by atoms with E-state index in [1.54, 1.807) is 11.9 Å². The van der Waals surface area contributed by atoms with E-state index in [0.717, 1.165) is 28.9 Å². The highest BCUT2D eigenvalue weighted by Crippen LogP contribution is 2.32. The van der Waals surface area contributed by atoms with Crippen LogP contribution >= 0.6 is 11.9 Å². The van der Waals surface area contributed by atoms with Crippen molar-refractivity contribution >= 4 is 41.3 Å². The number of aromatic amines is 1. The molecule has 0 fully saturated rings. The number of H-pyrrole nitrogens is 1. The topological polar surface area (TPSA) is 43.4 Å². The van der Waals surface area contributed by atoms with Gasteiger partial charge in [0.25, 0.3) is 0 Å². The lowest BCUT2D eigenvalue weighted by Crippen LogP contribution is -2.28. The Balaban J connectivity index is 1.75. The summed E-state index contributed by atoms with van der Waals surface area (Å²) in [6.45, 7) is 8.41. The van der Waals surface area contributed by atoms with E-state index in [-0.39, 0.29) is 6.04 Å². The van der Waals surface area contributed by atoms with Crippen molar-refractivity contribution in [2.45, 2.75) is 10.9 Å². The number of aromatic nitrogens is 1. The van der Waals surface area contributed by atoms with Crippen LogP contribution in [0.4, 0.5) is 5.69 Å². The largest absolute Gasteiger partial charge is 0.361 e. The smallest absolute Gasteiger partial charge is 0.0742 e. The summed E-state index contributed by atoms with van der Waals surface area (Å²) in [7, 11) is 4.16. The molecule has 3 rings (SSSR count). The van der Waals surface area contributed by atoms with Gasteiger partial charge in [-0.25, -0.2) is 0 Å². The second-order valence-electron chi connectivity index (χ2n) is 6.30.